The lowest BCUT2D eigenvalue weighted by Crippen LogP contribution is -2.03. The molecular formula is C14H15ClFNO. The van der Waals surface area contributed by atoms with E-state index in [1.54, 1.807) is 6.07 Å². The molecule has 0 aliphatic rings. The molecule has 0 saturated carbocycles. The number of ether oxygens (including phenoxy) is 1. The normalized spacial score (nSPS) is 11.2. The van der Waals surface area contributed by atoms with Crippen LogP contribution in [0.5, 0.6) is 5.88 Å². The summed E-state index contributed by atoms with van der Waals surface area (Å²) in [5, 5.41) is 1.88. The van der Waals surface area contributed by atoms with Gasteiger partial charge in [0, 0.05) is 10.8 Å². The monoisotopic (exact) mass is 267 g/mol. The molecular weight excluding hydrogens is 253 g/mol. The molecule has 0 aliphatic carbocycles. The number of aromatic nitrogens is 1. The Morgan fingerprint density at radius 1 is 1.33 bits per heavy atom. The smallest absolute Gasteiger partial charge is 0.221 e. The van der Waals surface area contributed by atoms with Crippen molar-refractivity contribution in [3.63, 3.8) is 0 Å². The van der Waals surface area contributed by atoms with E-state index in [4.69, 9.17) is 16.3 Å². The zero-order chi connectivity index (χ0) is 13.1. The Bertz CT molecular complexity index is 557. The number of pyridine rings is 1. The fraction of sp³-hybridized carbons (Fsp3) is 0.357. The molecule has 2 rings (SSSR count). The van der Waals surface area contributed by atoms with Gasteiger partial charge in [-0.15, -0.1) is 0 Å². The van der Waals surface area contributed by atoms with Crippen LogP contribution in [0.4, 0.5) is 4.39 Å². The summed E-state index contributed by atoms with van der Waals surface area (Å²) in [4.78, 5) is 4.12. The van der Waals surface area contributed by atoms with Crippen molar-refractivity contribution in [2.75, 3.05) is 6.61 Å². The van der Waals surface area contributed by atoms with Crippen molar-refractivity contribution >= 4 is 22.4 Å². The molecule has 1 heterocycles. The predicted molar refractivity (Wildman–Crippen MR) is 71.7 cm³/mol. The molecule has 2 aromatic rings. The number of halogens is 2. The van der Waals surface area contributed by atoms with Crippen molar-refractivity contribution in [2.24, 2.45) is 5.92 Å². The van der Waals surface area contributed by atoms with Gasteiger partial charge < -0.3 is 4.74 Å². The van der Waals surface area contributed by atoms with Crippen molar-refractivity contribution in [2.45, 2.75) is 20.3 Å². The van der Waals surface area contributed by atoms with Gasteiger partial charge in [0.2, 0.25) is 5.88 Å². The van der Waals surface area contributed by atoms with E-state index in [0.29, 0.717) is 28.8 Å². The number of hydrogen-bond acceptors (Lipinski definition) is 2. The second-order valence-electron chi connectivity index (χ2n) is 4.63. The molecule has 0 aliphatic heterocycles. The molecule has 0 spiro atoms. The van der Waals surface area contributed by atoms with Gasteiger partial charge in [0.15, 0.2) is 0 Å². The van der Waals surface area contributed by atoms with Crippen molar-refractivity contribution < 1.29 is 9.13 Å². The molecule has 0 unspecified atom stereocenters. The van der Waals surface area contributed by atoms with Gasteiger partial charge in [0.05, 0.1) is 17.8 Å². The maximum absolute atomic E-state index is 13.3. The summed E-state index contributed by atoms with van der Waals surface area (Å²) in [6, 6.07) is 4.43. The van der Waals surface area contributed by atoms with Crippen LogP contribution in [0.2, 0.25) is 5.02 Å². The van der Waals surface area contributed by atoms with Gasteiger partial charge in [-0.05, 0) is 30.5 Å². The van der Waals surface area contributed by atoms with Crippen LogP contribution in [-0.4, -0.2) is 11.6 Å². The van der Waals surface area contributed by atoms with E-state index in [9.17, 15) is 4.39 Å². The Morgan fingerprint density at radius 2 is 2.11 bits per heavy atom. The Hall–Kier alpha value is -1.35. The van der Waals surface area contributed by atoms with Crippen LogP contribution >= 0.6 is 11.6 Å². The minimum Gasteiger partial charge on any atom is -0.477 e. The summed E-state index contributed by atoms with van der Waals surface area (Å²) in [5.74, 6) is 0.676. The van der Waals surface area contributed by atoms with Crippen LogP contribution in [-0.2, 0) is 0 Å². The predicted octanol–water partition coefficient (Wildman–Crippen LogP) is 4.45. The molecule has 0 amide bonds. The maximum Gasteiger partial charge on any atom is 0.221 e. The molecule has 1 aromatic heterocycles. The fourth-order valence-electron chi connectivity index (χ4n) is 1.66. The fourth-order valence-corrected chi connectivity index (χ4v) is 1.88. The van der Waals surface area contributed by atoms with E-state index in [0.717, 1.165) is 11.8 Å². The molecule has 0 fully saturated rings. The van der Waals surface area contributed by atoms with Crippen LogP contribution in [0.15, 0.2) is 24.4 Å². The second-order valence-corrected chi connectivity index (χ2v) is 5.04. The molecule has 2 nitrogen and oxygen atoms in total. The van der Waals surface area contributed by atoms with Gasteiger partial charge in [-0.2, -0.15) is 0 Å². The van der Waals surface area contributed by atoms with E-state index >= 15 is 0 Å². The Labute approximate surface area is 111 Å². The van der Waals surface area contributed by atoms with E-state index in [2.05, 4.69) is 18.8 Å². The maximum atomic E-state index is 13.3. The highest BCUT2D eigenvalue weighted by Gasteiger charge is 2.08. The van der Waals surface area contributed by atoms with E-state index in [1.807, 2.05) is 0 Å². The molecule has 0 bridgehead atoms. The molecule has 0 N–H and O–H groups in total. The van der Waals surface area contributed by atoms with Gasteiger partial charge in [-0.3, -0.25) is 0 Å². The lowest BCUT2D eigenvalue weighted by Gasteiger charge is -2.10. The topological polar surface area (TPSA) is 22.1 Å². The lowest BCUT2D eigenvalue weighted by atomic mass is 10.1. The average molecular weight is 268 g/mol. The Morgan fingerprint density at radius 3 is 2.83 bits per heavy atom. The van der Waals surface area contributed by atoms with Crippen molar-refractivity contribution in [1.29, 1.82) is 0 Å². The second kappa shape index (κ2) is 5.53. The van der Waals surface area contributed by atoms with Gasteiger partial charge in [0.25, 0.3) is 0 Å². The molecule has 18 heavy (non-hydrogen) atoms. The highest BCUT2D eigenvalue weighted by atomic mass is 35.5. The van der Waals surface area contributed by atoms with E-state index in [1.165, 1.54) is 18.3 Å². The summed E-state index contributed by atoms with van der Waals surface area (Å²) in [5.41, 5.74) is 0. The van der Waals surface area contributed by atoms with Crippen LogP contribution < -0.4 is 4.74 Å². The minimum absolute atomic E-state index is 0.319. The van der Waals surface area contributed by atoms with Crippen LogP contribution in [0.1, 0.15) is 20.3 Å². The summed E-state index contributed by atoms with van der Waals surface area (Å²) in [7, 11) is 0. The summed E-state index contributed by atoms with van der Waals surface area (Å²) in [6.07, 6.45) is 2.47. The third kappa shape index (κ3) is 2.91. The number of fused-ring (bicyclic) bond motifs is 1. The largest absolute Gasteiger partial charge is 0.477 e. The molecule has 0 atom stereocenters. The first-order valence-corrected chi connectivity index (χ1v) is 6.32. The Kier molecular flexibility index (Phi) is 4.02. The van der Waals surface area contributed by atoms with Gasteiger partial charge >= 0.3 is 0 Å². The van der Waals surface area contributed by atoms with Crippen molar-refractivity contribution in [3.05, 3.63) is 35.2 Å². The number of hydrogen-bond donors (Lipinski definition) is 0. The van der Waals surface area contributed by atoms with Gasteiger partial charge in [-0.1, -0.05) is 25.4 Å². The van der Waals surface area contributed by atoms with Crippen LogP contribution in [0.3, 0.4) is 0 Å². The SMILES string of the molecule is CC(C)CCOc1ncc(Cl)c2ccc(F)cc12. The first kappa shape index (κ1) is 13.1. The molecule has 96 valence electrons. The van der Waals surface area contributed by atoms with Crippen molar-refractivity contribution in [3.8, 4) is 5.88 Å². The van der Waals surface area contributed by atoms with Gasteiger partial charge in [-0.25, -0.2) is 9.37 Å². The highest BCUT2D eigenvalue weighted by molar-refractivity contribution is 6.35. The zero-order valence-electron chi connectivity index (χ0n) is 10.4. The first-order chi connectivity index (χ1) is 8.58. The first-order valence-electron chi connectivity index (χ1n) is 5.94. The average Bonchev–Trinajstić information content (AvgIpc) is 2.31. The summed E-state index contributed by atoms with van der Waals surface area (Å²) in [6.45, 7) is 4.81. The third-order valence-electron chi connectivity index (χ3n) is 2.70. The van der Waals surface area contributed by atoms with E-state index in [-0.39, 0.29) is 5.82 Å². The van der Waals surface area contributed by atoms with Crippen molar-refractivity contribution in [1.82, 2.24) is 4.98 Å². The molecule has 0 radical (unpaired) electrons. The third-order valence-corrected chi connectivity index (χ3v) is 3.00. The van der Waals surface area contributed by atoms with Crippen LogP contribution in [0.25, 0.3) is 10.8 Å². The standard InChI is InChI=1S/C14H15ClFNO/c1-9(2)5-6-18-14-12-7-10(16)3-4-11(12)13(15)8-17-14/h3-4,7-9H,5-6H2,1-2H3. The zero-order valence-corrected chi connectivity index (χ0v) is 11.2. The van der Waals surface area contributed by atoms with E-state index < -0.39 is 0 Å². The highest BCUT2D eigenvalue weighted by Crippen LogP contribution is 2.29. The summed E-state index contributed by atoms with van der Waals surface area (Å²) >= 11 is 6.03. The Balaban J connectivity index is 2.32. The number of rotatable bonds is 4. The minimum atomic E-state index is -0.319. The molecule has 1 aromatic carbocycles. The van der Waals surface area contributed by atoms with Crippen LogP contribution in [0, 0.1) is 11.7 Å². The number of nitrogens with zero attached hydrogens (tertiary/aromatic N) is 1. The molecule has 0 saturated heterocycles. The quantitative estimate of drug-likeness (QED) is 0.816. The summed E-state index contributed by atoms with van der Waals surface area (Å²) < 4.78 is 18.9. The lowest BCUT2D eigenvalue weighted by molar-refractivity contribution is 0.283. The number of benzene rings is 1. The van der Waals surface area contributed by atoms with Gasteiger partial charge in [0.1, 0.15) is 5.82 Å². The molecule has 4 heteroatoms.